The van der Waals surface area contributed by atoms with E-state index in [0.717, 1.165) is 62.3 Å². The molecule has 1 aromatic rings. The minimum atomic E-state index is -0.0909. The average Bonchev–Trinajstić information content (AvgIpc) is 2.90. The molecule has 1 aromatic carbocycles. The van der Waals surface area contributed by atoms with Gasteiger partial charge in [-0.1, -0.05) is 12.1 Å². The zero-order valence-electron chi connectivity index (χ0n) is 12.9. The van der Waals surface area contributed by atoms with Crippen LogP contribution in [-0.4, -0.2) is 31.5 Å². The molecular weight excluding hydrogens is 269 g/mol. The average molecular weight is 293 g/mol. The molecule has 21 heavy (non-hydrogen) atoms. The fraction of sp³-hybridized carbons (Fsp3) is 0.647. The molecule has 2 aliphatic heterocycles. The summed E-state index contributed by atoms with van der Waals surface area (Å²) in [6.45, 7) is 6.76. The Kier molecular flexibility index (Phi) is 4.29. The summed E-state index contributed by atoms with van der Waals surface area (Å²) >= 11 is 0. The van der Waals surface area contributed by atoms with E-state index in [9.17, 15) is 4.39 Å². The van der Waals surface area contributed by atoms with Crippen LogP contribution < -0.4 is 5.32 Å². The molecule has 0 radical (unpaired) electrons. The maximum atomic E-state index is 13.7. The Bertz CT molecular complexity index is 489. The van der Waals surface area contributed by atoms with E-state index in [1.807, 2.05) is 26.0 Å². The van der Waals surface area contributed by atoms with Gasteiger partial charge in [-0.3, -0.25) is 0 Å². The van der Waals surface area contributed by atoms with Crippen LogP contribution in [0.4, 0.5) is 4.39 Å². The molecule has 1 N–H and O–H groups in total. The maximum Gasteiger partial charge on any atom is 0.129 e. The summed E-state index contributed by atoms with van der Waals surface area (Å²) in [5.74, 6) is -0.0909. The van der Waals surface area contributed by atoms with E-state index in [0.29, 0.717) is 6.04 Å². The molecule has 2 heterocycles. The van der Waals surface area contributed by atoms with E-state index in [-0.39, 0.29) is 11.4 Å². The van der Waals surface area contributed by atoms with Crippen molar-refractivity contribution in [2.75, 3.05) is 19.8 Å². The number of benzene rings is 1. The van der Waals surface area contributed by atoms with Gasteiger partial charge in [0.15, 0.2) is 0 Å². The Balaban J connectivity index is 1.60. The summed E-state index contributed by atoms with van der Waals surface area (Å²) in [5.41, 5.74) is 2.53. The van der Waals surface area contributed by atoms with Crippen LogP contribution in [0.3, 0.4) is 0 Å². The lowest BCUT2D eigenvalue weighted by Gasteiger charge is -2.37. The van der Waals surface area contributed by atoms with E-state index >= 15 is 0 Å². The molecule has 0 aromatic heterocycles. The topological polar surface area (TPSA) is 30.5 Å². The summed E-state index contributed by atoms with van der Waals surface area (Å²) < 4.78 is 25.1. The molecule has 116 valence electrons. The normalized spacial score (nSPS) is 29.2. The lowest BCUT2D eigenvalue weighted by molar-refractivity contribution is -0.0894. The van der Waals surface area contributed by atoms with Gasteiger partial charge in [0.25, 0.3) is 0 Å². The van der Waals surface area contributed by atoms with Gasteiger partial charge in [0.05, 0.1) is 12.2 Å². The molecule has 2 unspecified atom stereocenters. The third-order valence-electron chi connectivity index (χ3n) is 4.65. The van der Waals surface area contributed by atoms with Crippen molar-refractivity contribution in [2.24, 2.45) is 0 Å². The number of ether oxygens (including phenoxy) is 2. The summed E-state index contributed by atoms with van der Waals surface area (Å²) in [5, 5.41) is 3.60. The quantitative estimate of drug-likeness (QED) is 0.929. The number of hydrogen-bond donors (Lipinski definition) is 1. The Labute approximate surface area is 125 Å². The predicted octanol–water partition coefficient (Wildman–Crippen LogP) is 2.87. The number of nitrogens with one attached hydrogen (secondary N) is 1. The fourth-order valence-electron chi connectivity index (χ4n) is 3.47. The van der Waals surface area contributed by atoms with Gasteiger partial charge < -0.3 is 14.8 Å². The molecule has 1 spiro atoms. The van der Waals surface area contributed by atoms with Crippen LogP contribution in [0.2, 0.25) is 0 Å². The number of rotatable bonds is 3. The van der Waals surface area contributed by atoms with Crippen molar-refractivity contribution >= 4 is 0 Å². The summed E-state index contributed by atoms with van der Waals surface area (Å²) in [6.07, 6.45) is 3.03. The molecule has 0 aliphatic carbocycles. The van der Waals surface area contributed by atoms with Crippen LogP contribution in [-0.2, 0) is 16.0 Å². The summed E-state index contributed by atoms with van der Waals surface area (Å²) in [6, 6.07) is 4.32. The van der Waals surface area contributed by atoms with Gasteiger partial charge in [-0.15, -0.1) is 0 Å². The van der Waals surface area contributed by atoms with Gasteiger partial charge in [-0.2, -0.15) is 0 Å². The monoisotopic (exact) mass is 293 g/mol. The standard InChI is InChI=1S/C17H24FNO2/c1-12-7-14(8-13(2)16(12)18)10-19-15-3-5-21-17(9-15)4-6-20-11-17/h7-8,15,19H,3-6,9-11H2,1-2H3. The Morgan fingerprint density at radius 2 is 2.05 bits per heavy atom. The molecule has 2 aliphatic rings. The van der Waals surface area contributed by atoms with Gasteiger partial charge >= 0.3 is 0 Å². The van der Waals surface area contributed by atoms with E-state index in [4.69, 9.17) is 9.47 Å². The highest BCUT2D eigenvalue weighted by Gasteiger charge is 2.40. The number of halogens is 1. The fourth-order valence-corrected chi connectivity index (χ4v) is 3.47. The van der Waals surface area contributed by atoms with Crippen LogP contribution >= 0.6 is 0 Å². The first-order chi connectivity index (χ1) is 10.1. The second-order valence-corrected chi connectivity index (χ2v) is 6.45. The highest BCUT2D eigenvalue weighted by atomic mass is 19.1. The Morgan fingerprint density at radius 3 is 2.71 bits per heavy atom. The highest BCUT2D eigenvalue weighted by Crippen LogP contribution is 2.32. The van der Waals surface area contributed by atoms with E-state index < -0.39 is 0 Å². The van der Waals surface area contributed by atoms with Crippen molar-refractivity contribution < 1.29 is 13.9 Å². The zero-order valence-corrected chi connectivity index (χ0v) is 12.9. The first kappa shape index (κ1) is 14.9. The van der Waals surface area contributed by atoms with Crippen LogP contribution in [0.5, 0.6) is 0 Å². The first-order valence-electron chi connectivity index (χ1n) is 7.79. The minimum Gasteiger partial charge on any atom is -0.378 e. The molecule has 0 amide bonds. The molecule has 2 atom stereocenters. The van der Waals surface area contributed by atoms with Crippen molar-refractivity contribution in [2.45, 2.75) is 51.3 Å². The Morgan fingerprint density at radius 1 is 1.29 bits per heavy atom. The van der Waals surface area contributed by atoms with Crippen molar-refractivity contribution in [3.8, 4) is 0 Å². The third-order valence-corrected chi connectivity index (χ3v) is 4.65. The van der Waals surface area contributed by atoms with Gasteiger partial charge in [-0.25, -0.2) is 4.39 Å². The lowest BCUT2D eigenvalue weighted by atomic mass is 9.89. The molecule has 2 saturated heterocycles. The molecular formula is C17H24FNO2. The zero-order chi connectivity index (χ0) is 14.9. The maximum absolute atomic E-state index is 13.7. The van der Waals surface area contributed by atoms with E-state index in [2.05, 4.69) is 5.32 Å². The smallest absolute Gasteiger partial charge is 0.129 e. The van der Waals surface area contributed by atoms with Crippen LogP contribution in [0, 0.1) is 19.7 Å². The number of hydrogen-bond acceptors (Lipinski definition) is 3. The van der Waals surface area contributed by atoms with Gasteiger partial charge in [0, 0.05) is 32.2 Å². The third kappa shape index (κ3) is 3.28. The second-order valence-electron chi connectivity index (χ2n) is 6.45. The molecule has 2 fully saturated rings. The van der Waals surface area contributed by atoms with Gasteiger partial charge in [0.2, 0.25) is 0 Å². The SMILES string of the molecule is Cc1cc(CNC2CCOC3(CCOC3)C2)cc(C)c1F. The molecule has 3 rings (SSSR count). The van der Waals surface area contributed by atoms with Crippen LogP contribution in [0.25, 0.3) is 0 Å². The van der Waals surface area contributed by atoms with Crippen LogP contribution in [0.15, 0.2) is 12.1 Å². The first-order valence-corrected chi connectivity index (χ1v) is 7.79. The molecule has 3 nitrogen and oxygen atoms in total. The van der Waals surface area contributed by atoms with E-state index in [1.54, 1.807) is 0 Å². The largest absolute Gasteiger partial charge is 0.378 e. The number of aryl methyl sites for hydroxylation is 2. The minimum absolute atomic E-state index is 0.0649. The Hall–Kier alpha value is -0.970. The predicted molar refractivity (Wildman–Crippen MR) is 79.9 cm³/mol. The summed E-state index contributed by atoms with van der Waals surface area (Å²) in [4.78, 5) is 0. The molecule has 0 saturated carbocycles. The highest BCUT2D eigenvalue weighted by molar-refractivity contribution is 5.30. The van der Waals surface area contributed by atoms with Crippen molar-refractivity contribution in [3.63, 3.8) is 0 Å². The molecule has 4 heteroatoms. The van der Waals surface area contributed by atoms with Crippen molar-refractivity contribution in [3.05, 3.63) is 34.6 Å². The van der Waals surface area contributed by atoms with Gasteiger partial charge in [0.1, 0.15) is 5.82 Å². The van der Waals surface area contributed by atoms with Crippen LogP contribution in [0.1, 0.15) is 36.0 Å². The van der Waals surface area contributed by atoms with E-state index in [1.165, 1.54) is 0 Å². The summed E-state index contributed by atoms with van der Waals surface area (Å²) in [7, 11) is 0. The van der Waals surface area contributed by atoms with Crippen molar-refractivity contribution in [1.82, 2.24) is 5.32 Å². The van der Waals surface area contributed by atoms with Gasteiger partial charge in [-0.05, 0) is 43.4 Å². The second kappa shape index (κ2) is 6.03. The lowest BCUT2D eigenvalue weighted by Crippen LogP contribution is -2.47. The van der Waals surface area contributed by atoms with Crippen molar-refractivity contribution in [1.29, 1.82) is 0 Å². The molecule has 0 bridgehead atoms.